The molecule has 0 N–H and O–H groups in total. The van der Waals surface area contributed by atoms with Crippen molar-refractivity contribution in [2.24, 2.45) is 0 Å². The van der Waals surface area contributed by atoms with Crippen LogP contribution in [0.15, 0.2) is 54.6 Å². The second-order valence-corrected chi connectivity index (χ2v) is 6.63. The Labute approximate surface area is 136 Å². The first-order valence-corrected chi connectivity index (χ1v) is 8.90. The second kappa shape index (κ2) is 7.89. The summed E-state index contributed by atoms with van der Waals surface area (Å²) in [5.41, 5.74) is 1.57. The molecule has 0 aliphatic heterocycles. The molecule has 0 aliphatic rings. The standard InChI is InChI=1S/C17H18O5S/c1-23(19,20)22-12-11-21-16-9-7-15(8-10-16)17(18)13-14-5-3-2-4-6-14/h2-10H,11-13H2,1H3. The van der Waals surface area contributed by atoms with Crippen LogP contribution in [0.4, 0.5) is 0 Å². The second-order valence-electron chi connectivity index (χ2n) is 4.98. The van der Waals surface area contributed by atoms with Crippen LogP contribution >= 0.6 is 0 Å². The molecule has 6 heteroatoms. The van der Waals surface area contributed by atoms with Crippen molar-refractivity contribution in [3.63, 3.8) is 0 Å². The smallest absolute Gasteiger partial charge is 0.264 e. The molecule has 0 saturated carbocycles. The molecule has 0 aromatic heterocycles. The molecule has 2 aromatic rings. The molecule has 0 atom stereocenters. The largest absolute Gasteiger partial charge is 0.491 e. The zero-order chi connectivity index (χ0) is 16.7. The number of rotatable bonds is 8. The summed E-state index contributed by atoms with van der Waals surface area (Å²) in [6.45, 7) is 0.0674. The predicted molar refractivity (Wildman–Crippen MR) is 87.2 cm³/mol. The van der Waals surface area contributed by atoms with E-state index in [2.05, 4.69) is 4.18 Å². The van der Waals surface area contributed by atoms with E-state index in [0.717, 1.165) is 11.8 Å². The Morgan fingerprint density at radius 2 is 1.61 bits per heavy atom. The van der Waals surface area contributed by atoms with Gasteiger partial charge in [0.15, 0.2) is 5.78 Å². The SMILES string of the molecule is CS(=O)(=O)OCCOc1ccc(C(=O)Cc2ccccc2)cc1. The third-order valence-electron chi connectivity index (χ3n) is 3.03. The van der Waals surface area contributed by atoms with Crippen molar-refractivity contribution >= 4 is 15.9 Å². The van der Waals surface area contributed by atoms with Gasteiger partial charge in [-0.25, -0.2) is 0 Å². The first-order valence-electron chi connectivity index (χ1n) is 7.08. The van der Waals surface area contributed by atoms with E-state index in [1.165, 1.54) is 0 Å². The van der Waals surface area contributed by atoms with E-state index in [0.29, 0.717) is 17.7 Å². The van der Waals surface area contributed by atoms with Crippen molar-refractivity contribution in [1.82, 2.24) is 0 Å². The normalized spacial score (nSPS) is 11.2. The molecule has 0 spiro atoms. The van der Waals surface area contributed by atoms with Crippen molar-refractivity contribution in [3.05, 3.63) is 65.7 Å². The quantitative estimate of drug-likeness (QED) is 0.421. The number of ether oxygens (including phenoxy) is 1. The molecule has 0 aliphatic carbocycles. The van der Waals surface area contributed by atoms with Gasteiger partial charge in [0.2, 0.25) is 0 Å². The highest BCUT2D eigenvalue weighted by atomic mass is 32.2. The van der Waals surface area contributed by atoms with Crippen LogP contribution < -0.4 is 4.74 Å². The fourth-order valence-corrected chi connectivity index (χ4v) is 2.34. The van der Waals surface area contributed by atoms with Crippen LogP contribution in [0.1, 0.15) is 15.9 Å². The van der Waals surface area contributed by atoms with E-state index in [1.807, 2.05) is 30.3 Å². The zero-order valence-electron chi connectivity index (χ0n) is 12.8. The van der Waals surface area contributed by atoms with Crippen LogP contribution in [-0.2, 0) is 20.7 Å². The first-order chi connectivity index (χ1) is 10.9. The number of Topliss-reactive ketones (excluding diaryl/α,β-unsaturated/α-hetero) is 1. The molecule has 0 fully saturated rings. The van der Waals surface area contributed by atoms with Crippen LogP contribution in [0.25, 0.3) is 0 Å². The van der Waals surface area contributed by atoms with Crippen molar-refractivity contribution in [2.45, 2.75) is 6.42 Å². The topological polar surface area (TPSA) is 69.7 Å². The Hall–Kier alpha value is -2.18. The van der Waals surface area contributed by atoms with Gasteiger partial charge in [0.05, 0.1) is 6.26 Å². The number of benzene rings is 2. The minimum atomic E-state index is -3.45. The fourth-order valence-electron chi connectivity index (χ4n) is 1.97. The molecule has 0 amide bonds. The summed E-state index contributed by atoms with van der Waals surface area (Å²) in [4.78, 5) is 12.2. The Bertz CT molecular complexity index is 736. The highest BCUT2D eigenvalue weighted by Gasteiger charge is 2.07. The van der Waals surface area contributed by atoms with E-state index >= 15 is 0 Å². The van der Waals surface area contributed by atoms with Gasteiger partial charge in [-0.15, -0.1) is 0 Å². The average Bonchev–Trinajstić information content (AvgIpc) is 2.52. The molecule has 122 valence electrons. The summed E-state index contributed by atoms with van der Waals surface area (Å²) in [6, 6.07) is 16.3. The highest BCUT2D eigenvalue weighted by Crippen LogP contribution is 2.14. The lowest BCUT2D eigenvalue weighted by Gasteiger charge is -2.07. The van der Waals surface area contributed by atoms with Crippen molar-refractivity contribution < 1.29 is 22.1 Å². The zero-order valence-corrected chi connectivity index (χ0v) is 13.6. The molecule has 2 aromatic carbocycles. The van der Waals surface area contributed by atoms with Gasteiger partial charge < -0.3 is 4.74 Å². The molecule has 0 bridgehead atoms. The van der Waals surface area contributed by atoms with Crippen LogP contribution in [0.2, 0.25) is 0 Å². The van der Waals surface area contributed by atoms with Gasteiger partial charge in [-0.2, -0.15) is 8.42 Å². The Morgan fingerprint density at radius 1 is 0.957 bits per heavy atom. The Morgan fingerprint density at radius 3 is 2.22 bits per heavy atom. The minimum Gasteiger partial charge on any atom is -0.491 e. The molecular weight excluding hydrogens is 316 g/mol. The summed E-state index contributed by atoms with van der Waals surface area (Å²) >= 11 is 0. The van der Waals surface area contributed by atoms with Gasteiger partial charge in [-0.3, -0.25) is 8.98 Å². The average molecular weight is 334 g/mol. The van der Waals surface area contributed by atoms with E-state index in [9.17, 15) is 13.2 Å². The van der Waals surface area contributed by atoms with Gasteiger partial charge in [-0.05, 0) is 29.8 Å². The van der Waals surface area contributed by atoms with E-state index < -0.39 is 10.1 Å². The maximum Gasteiger partial charge on any atom is 0.264 e. The predicted octanol–water partition coefficient (Wildman–Crippen LogP) is 2.47. The van der Waals surface area contributed by atoms with Gasteiger partial charge in [-0.1, -0.05) is 30.3 Å². The number of hydrogen-bond donors (Lipinski definition) is 0. The molecule has 23 heavy (non-hydrogen) atoms. The van der Waals surface area contributed by atoms with E-state index in [-0.39, 0.29) is 19.0 Å². The van der Waals surface area contributed by atoms with Gasteiger partial charge in [0.1, 0.15) is 19.0 Å². The highest BCUT2D eigenvalue weighted by molar-refractivity contribution is 7.85. The summed E-state index contributed by atoms with van der Waals surface area (Å²) < 4.78 is 31.5. The Balaban J connectivity index is 1.85. The van der Waals surface area contributed by atoms with Crippen LogP contribution in [0.5, 0.6) is 5.75 Å². The first kappa shape index (κ1) is 17.2. The lowest BCUT2D eigenvalue weighted by molar-refractivity contribution is 0.0993. The Kier molecular flexibility index (Phi) is 5.90. The molecule has 5 nitrogen and oxygen atoms in total. The van der Waals surface area contributed by atoms with Gasteiger partial charge in [0, 0.05) is 12.0 Å². The number of carbonyl (C=O) groups excluding carboxylic acids is 1. The summed E-state index contributed by atoms with van der Waals surface area (Å²) in [5.74, 6) is 0.585. The van der Waals surface area contributed by atoms with Crippen LogP contribution in [0, 0.1) is 0 Å². The lowest BCUT2D eigenvalue weighted by Crippen LogP contribution is -2.11. The van der Waals surface area contributed by atoms with Gasteiger partial charge in [0.25, 0.3) is 10.1 Å². The number of hydrogen-bond acceptors (Lipinski definition) is 5. The molecule has 0 unspecified atom stereocenters. The van der Waals surface area contributed by atoms with Crippen molar-refractivity contribution in [2.75, 3.05) is 19.5 Å². The summed E-state index contributed by atoms with van der Waals surface area (Å²) in [7, 11) is -3.45. The minimum absolute atomic E-state index is 0.0307. The van der Waals surface area contributed by atoms with Crippen molar-refractivity contribution in [3.8, 4) is 5.75 Å². The maximum atomic E-state index is 12.2. The monoisotopic (exact) mass is 334 g/mol. The van der Waals surface area contributed by atoms with Gasteiger partial charge >= 0.3 is 0 Å². The van der Waals surface area contributed by atoms with E-state index in [4.69, 9.17) is 4.74 Å². The molecule has 0 heterocycles. The molecule has 2 rings (SSSR count). The fraction of sp³-hybridized carbons (Fsp3) is 0.235. The molecule has 0 radical (unpaired) electrons. The number of carbonyl (C=O) groups is 1. The summed E-state index contributed by atoms with van der Waals surface area (Å²) in [5, 5.41) is 0. The van der Waals surface area contributed by atoms with Crippen LogP contribution in [-0.4, -0.2) is 33.7 Å². The maximum absolute atomic E-state index is 12.2. The third-order valence-corrected chi connectivity index (χ3v) is 3.63. The summed E-state index contributed by atoms with van der Waals surface area (Å²) in [6.07, 6.45) is 1.34. The lowest BCUT2D eigenvalue weighted by atomic mass is 10.0. The van der Waals surface area contributed by atoms with E-state index in [1.54, 1.807) is 24.3 Å². The molecule has 0 saturated heterocycles. The molecular formula is C17H18O5S. The number of ketones is 1. The van der Waals surface area contributed by atoms with Crippen LogP contribution in [0.3, 0.4) is 0 Å². The van der Waals surface area contributed by atoms with Crippen molar-refractivity contribution in [1.29, 1.82) is 0 Å². The third kappa shape index (κ3) is 6.22.